The summed E-state index contributed by atoms with van der Waals surface area (Å²) in [5.74, 6) is 0.534. The third-order valence-corrected chi connectivity index (χ3v) is 5.88. The number of carbonyl (C=O) groups is 2. The lowest BCUT2D eigenvalue weighted by Gasteiger charge is -2.45. The van der Waals surface area contributed by atoms with E-state index in [1.807, 2.05) is 72.8 Å². The van der Waals surface area contributed by atoms with E-state index < -0.39 is 11.6 Å². The van der Waals surface area contributed by atoms with Crippen LogP contribution in [-0.4, -0.2) is 37.0 Å². The molecule has 0 saturated carbocycles. The molecule has 2 heterocycles. The summed E-state index contributed by atoms with van der Waals surface area (Å²) in [5, 5.41) is 1.61. The van der Waals surface area contributed by atoms with E-state index in [1.165, 1.54) is 0 Å². The number of amides is 1. The van der Waals surface area contributed by atoms with Crippen LogP contribution in [0.3, 0.4) is 0 Å². The van der Waals surface area contributed by atoms with E-state index in [9.17, 15) is 9.59 Å². The molecule has 2 fully saturated rings. The molecule has 1 spiro atoms. The van der Waals surface area contributed by atoms with Crippen molar-refractivity contribution in [3.8, 4) is 5.75 Å². The van der Waals surface area contributed by atoms with Crippen LogP contribution >= 0.6 is 0 Å². The zero-order chi connectivity index (χ0) is 21.4. The van der Waals surface area contributed by atoms with Crippen molar-refractivity contribution >= 4 is 23.1 Å². The summed E-state index contributed by atoms with van der Waals surface area (Å²) in [6, 6.07) is 25.4. The topological polar surface area (TPSA) is 59.1 Å². The van der Waals surface area contributed by atoms with Gasteiger partial charge in [-0.05, 0) is 36.4 Å². The largest absolute Gasteiger partial charge is 0.497 e. The molecule has 156 valence electrons. The second kappa shape index (κ2) is 7.56. The van der Waals surface area contributed by atoms with E-state index in [0.29, 0.717) is 18.5 Å². The number of anilines is 2. The Morgan fingerprint density at radius 2 is 1.58 bits per heavy atom. The van der Waals surface area contributed by atoms with E-state index in [4.69, 9.17) is 9.57 Å². The molecule has 0 radical (unpaired) electrons. The first-order chi connectivity index (χ1) is 15.1. The van der Waals surface area contributed by atoms with Crippen LogP contribution in [0.2, 0.25) is 0 Å². The fourth-order valence-electron chi connectivity index (χ4n) is 4.23. The fourth-order valence-corrected chi connectivity index (χ4v) is 4.23. The Balaban J connectivity index is 1.43. The molecule has 0 aliphatic carbocycles. The minimum absolute atomic E-state index is 0.0583. The van der Waals surface area contributed by atoms with Crippen molar-refractivity contribution in [2.24, 2.45) is 0 Å². The van der Waals surface area contributed by atoms with Crippen LogP contribution in [0.5, 0.6) is 5.75 Å². The predicted molar refractivity (Wildman–Crippen MR) is 117 cm³/mol. The Hall–Kier alpha value is -3.64. The number of para-hydroxylation sites is 1. The average Bonchev–Trinajstić information content (AvgIpc) is 3.26. The average molecular weight is 414 g/mol. The van der Waals surface area contributed by atoms with Crippen molar-refractivity contribution in [3.63, 3.8) is 0 Å². The highest BCUT2D eigenvalue weighted by molar-refractivity contribution is 6.09. The summed E-state index contributed by atoms with van der Waals surface area (Å²) in [7, 11) is 1.60. The first kappa shape index (κ1) is 19.3. The molecular formula is C25H22N2O4. The number of methoxy groups -OCH3 is 1. The van der Waals surface area contributed by atoms with Gasteiger partial charge < -0.3 is 9.64 Å². The van der Waals surface area contributed by atoms with Gasteiger partial charge in [-0.3, -0.25) is 14.4 Å². The molecule has 2 saturated heterocycles. The Morgan fingerprint density at radius 1 is 0.935 bits per heavy atom. The first-order valence-electron chi connectivity index (χ1n) is 10.2. The molecular weight excluding hydrogens is 392 g/mol. The summed E-state index contributed by atoms with van der Waals surface area (Å²) < 4.78 is 5.19. The summed E-state index contributed by atoms with van der Waals surface area (Å²) in [6.45, 7) is 0.389. The van der Waals surface area contributed by atoms with Gasteiger partial charge in [0.2, 0.25) is 0 Å². The number of carbonyl (C=O) groups excluding carboxylic acids is 2. The van der Waals surface area contributed by atoms with E-state index in [0.717, 1.165) is 17.1 Å². The quantitative estimate of drug-likeness (QED) is 0.469. The SMILES string of the molecule is COc1ccc(N2C[C@@]3(C[C@H](C(=O)c4ccccc4)N(c4ccccc4)O3)C2=O)cc1. The van der Waals surface area contributed by atoms with Crippen molar-refractivity contribution in [3.05, 3.63) is 90.5 Å². The summed E-state index contributed by atoms with van der Waals surface area (Å²) in [5.41, 5.74) is 1.10. The number of rotatable bonds is 5. The molecule has 0 N–H and O–H groups in total. The summed E-state index contributed by atoms with van der Waals surface area (Å²) in [6.07, 6.45) is 0.307. The van der Waals surface area contributed by atoms with Gasteiger partial charge in [0.15, 0.2) is 11.4 Å². The minimum Gasteiger partial charge on any atom is -0.497 e. The van der Waals surface area contributed by atoms with E-state index in [2.05, 4.69) is 0 Å². The van der Waals surface area contributed by atoms with E-state index in [1.54, 1.807) is 29.2 Å². The van der Waals surface area contributed by atoms with Gasteiger partial charge in [0.25, 0.3) is 5.91 Å². The Labute approximate surface area is 180 Å². The molecule has 2 aliphatic heterocycles. The summed E-state index contributed by atoms with van der Waals surface area (Å²) >= 11 is 0. The van der Waals surface area contributed by atoms with Crippen LogP contribution in [0.1, 0.15) is 16.8 Å². The van der Waals surface area contributed by atoms with E-state index in [-0.39, 0.29) is 11.7 Å². The highest BCUT2D eigenvalue weighted by atomic mass is 16.7. The molecule has 0 aromatic heterocycles. The highest BCUT2D eigenvalue weighted by Gasteiger charge is 2.62. The third kappa shape index (κ3) is 3.25. The number of hydrogen-bond acceptors (Lipinski definition) is 5. The Kier molecular flexibility index (Phi) is 4.71. The van der Waals surface area contributed by atoms with Gasteiger partial charge in [0, 0.05) is 17.7 Å². The number of hydrogen-bond donors (Lipinski definition) is 0. The lowest BCUT2D eigenvalue weighted by molar-refractivity contribution is -0.149. The van der Waals surface area contributed by atoms with Gasteiger partial charge in [-0.25, -0.2) is 5.06 Å². The van der Waals surface area contributed by atoms with Gasteiger partial charge in [0.05, 0.1) is 19.3 Å². The standard InChI is InChI=1S/C25H22N2O4/c1-30-21-14-12-19(13-15-21)26-17-25(24(26)29)16-22(23(28)18-8-4-2-5-9-18)27(31-25)20-10-6-3-7-11-20/h2-15,22H,16-17H2,1H3/t22-,25+/m1/s1. The number of β-lactam (4-membered cyclic amide) rings is 1. The monoisotopic (exact) mass is 414 g/mol. The molecule has 6 nitrogen and oxygen atoms in total. The van der Waals surface area contributed by atoms with Crippen molar-refractivity contribution in [1.82, 2.24) is 0 Å². The molecule has 2 aliphatic rings. The molecule has 5 rings (SSSR count). The van der Waals surface area contributed by atoms with E-state index >= 15 is 0 Å². The maximum atomic E-state index is 13.3. The number of nitrogens with zero attached hydrogens (tertiary/aromatic N) is 2. The number of benzene rings is 3. The Bertz CT molecular complexity index is 1100. The van der Waals surface area contributed by atoms with Crippen molar-refractivity contribution in [1.29, 1.82) is 0 Å². The summed E-state index contributed by atoms with van der Waals surface area (Å²) in [4.78, 5) is 34.5. The molecule has 0 bridgehead atoms. The lowest BCUT2D eigenvalue weighted by Crippen LogP contribution is -2.67. The molecule has 3 aromatic rings. The zero-order valence-electron chi connectivity index (χ0n) is 17.1. The normalized spacial score (nSPS) is 22.5. The number of ketones is 1. The van der Waals surface area contributed by atoms with Gasteiger partial charge in [-0.15, -0.1) is 0 Å². The van der Waals surface area contributed by atoms with Gasteiger partial charge in [-0.1, -0.05) is 48.5 Å². The van der Waals surface area contributed by atoms with Crippen molar-refractivity contribution < 1.29 is 19.2 Å². The van der Waals surface area contributed by atoms with Crippen LogP contribution in [0.25, 0.3) is 0 Å². The third-order valence-electron chi connectivity index (χ3n) is 5.88. The minimum atomic E-state index is -1.04. The van der Waals surface area contributed by atoms with Crippen LogP contribution in [-0.2, 0) is 9.63 Å². The first-order valence-corrected chi connectivity index (χ1v) is 10.2. The lowest BCUT2D eigenvalue weighted by atomic mass is 9.84. The number of Topliss-reactive ketones (excluding diaryl/α,β-unsaturated/α-hetero) is 1. The predicted octanol–water partition coefficient (Wildman–Crippen LogP) is 3.87. The molecule has 1 amide bonds. The highest BCUT2D eigenvalue weighted by Crippen LogP contribution is 2.44. The Morgan fingerprint density at radius 3 is 2.19 bits per heavy atom. The number of ether oxygens (including phenoxy) is 1. The van der Waals surface area contributed by atoms with Gasteiger partial charge in [0.1, 0.15) is 11.8 Å². The van der Waals surface area contributed by atoms with Gasteiger partial charge >= 0.3 is 0 Å². The fraction of sp³-hybridized carbons (Fsp3) is 0.200. The maximum absolute atomic E-state index is 13.3. The van der Waals surface area contributed by atoms with Crippen molar-refractivity contribution in [2.45, 2.75) is 18.1 Å². The number of hydroxylamine groups is 1. The van der Waals surface area contributed by atoms with Crippen molar-refractivity contribution in [2.75, 3.05) is 23.6 Å². The molecule has 6 heteroatoms. The van der Waals surface area contributed by atoms with Crippen LogP contribution < -0.4 is 14.7 Å². The van der Waals surface area contributed by atoms with Gasteiger partial charge in [-0.2, -0.15) is 0 Å². The molecule has 3 aromatic carbocycles. The second-order valence-electron chi connectivity index (χ2n) is 7.79. The van der Waals surface area contributed by atoms with Crippen LogP contribution in [0.4, 0.5) is 11.4 Å². The molecule has 2 atom stereocenters. The smallest absolute Gasteiger partial charge is 0.264 e. The zero-order valence-corrected chi connectivity index (χ0v) is 17.1. The molecule has 0 unspecified atom stereocenters. The molecule has 31 heavy (non-hydrogen) atoms. The second-order valence-corrected chi connectivity index (χ2v) is 7.79. The van der Waals surface area contributed by atoms with Crippen LogP contribution in [0.15, 0.2) is 84.9 Å². The van der Waals surface area contributed by atoms with Crippen LogP contribution in [0, 0.1) is 0 Å². The maximum Gasteiger partial charge on any atom is 0.264 e.